The van der Waals surface area contributed by atoms with Crippen molar-refractivity contribution in [1.82, 2.24) is 0 Å². The van der Waals surface area contributed by atoms with E-state index < -0.39 is 16.3 Å². The second-order valence-corrected chi connectivity index (χ2v) is 6.50. The highest BCUT2D eigenvalue weighted by Crippen LogP contribution is 2.49. The summed E-state index contributed by atoms with van der Waals surface area (Å²) in [6, 6.07) is 14.9. The molecule has 0 bridgehead atoms. The average Bonchev–Trinajstić information content (AvgIpc) is 2.48. The fraction of sp³-hybridized carbons (Fsp3) is 0.133. The first-order chi connectivity index (χ1) is 10.3. The number of alkyl halides is 4. The molecule has 0 fully saturated rings. The van der Waals surface area contributed by atoms with Gasteiger partial charge in [0, 0.05) is 9.79 Å². The minimum absolute atomic E-state index is 0.0318. The summed E-state index contributed by atoms with van der Waals surface area (Å²) >= 11 is 0.105. The van der Waals surface area contributed by atoms with Crippen molar-refractivity contribution in [3.8, 4) is 0 Å². The summed E-state index contributed by atoms with van der Waals surface area (Å²) in [4.78, 5) is 12.2. The van der Waals surface area contributed by atoms with Gasteiger partial charge >= 0.3 is 11.2 Å². The molecule has 0 amide bonds. The predicted octanol–water partition coefficient (Wildman–Crippen LogP) is 5.33. The fourth-order valence-electron chi connectivity index (χ4n) is 1.53. The molecule has 0 heterocycles. The Kier molecular flexibility index (Phi) is 5.18. The van der Waals surface area contributed by atoms with Gasteiger partial charge in [0.2, 0.25) is 0 Å². The molecule has 0 aliphatic heterocycles. The maximum atomic E-state index is 14.5. The molecule has 0 aliphatic carbocycles. The molecule has 2 aromatic carbocycles. The molecule has 0 saturated carbocycles. The number of halogens is 4. The van der Waals surface area contributed by atoms with Crippen molar-refractivity contribution in [3.05, 3.63) is 60.7 Å². The maximum Gasteiger partial charge on any atom is 0.440 e. The molecule has 2 aromatic rings. The number of hydrogen-bond donors (Lipinski definition) is 0. The van der Waals surface area contributed by atoms with E-state index in [-0.39, 0.29) is 33.3 Å². The van der Waals surface area contributed by atoms with E-state index in [9.17, 15) is 22.4 Å². The molecule has 116 valence electrons. The van der Waals surface area contributed by atoms with Crippen LogP contribution in [-0.2, 0) is 4.79 Å². The van der Waals surface area contributed by atoms with E-state index in [0.29, 0.717) is 0 Å². The van der Waals surface area contributed by atoms with Crippen LogP contribution in [-0.4, -0.2) is 16.3 Å². The van der Waals surface area contributed by atoms with E-state index in [1.54, 1.807) is 24.3 Å². The summed E-state index contributed by atoms with van der Waals surface area (Å²) in [5.74, 6) is 0. The van der Waals surface area contributed by atoms with Gasteiger partial charge in [0.25, 0.3) is 5.12 Å². The number of rotatable bonds is 4. The van der Waals surface area contributed by atoms with Crippen molar-refractivity contribution in [3.63, 3.8) is 0 Å². The molecule has 0 saturated heterocycles. The molecular formula is C15H10F4OS2. The molecule has 0 N–H and O–H groups in total. The smallest absolute Gasteiger partial charge is 0.282 e. The van der Waals surface area contributed by atoms with Crippen LogP contribution in [0.1, 0.15) is 0 Å². The number of carbonyl (C=O) groups excluding carboxylic acids is 1. The average molecular weight is 346 g/mol. The van der Waals surface area contributed by atoms with Crippen LogP contribution >= 0.6 is 23.5 Å². The van der Waals surface area contributed by atoms with Gasteiger partial charge in [-0.05, 0) is 36.0 Å². The van der Waals surface area contributed by atoms with Gasteiger partial charge in [-0.25, -0.2) is 4.39 Å². The molecule has 2 rings (SSSR count). The summed E-state index contributed by atoms with van der Waals surface area (Å²) in [6.45, 7) is 0. The standard InChI is InChI=1S/C15H10F4OS2/c16-14(15(17,18)19,22-12-9-5-2-6-10-12)13(20)21-11-7-3-1-4-8-11/h1-10H. The first kappa shape index (κ1) is 16.9. The molecule has 1 nitrogen and oxygen atoms in total. The highest BCUT2D eigenvalue weighted by molar-refractivity contribution is 8.16. The lowest BCUT2D eigenvalue weighted by atomic mass is 10.4. The minimum atomic E-state index is -5.31. The van der Waals surface area contributed by atoms with Crippen molar-refractivity contribution >= 4 is 28.6 Å². The predicted molar refractivity (Wildman–Crippen MR) is 79.5 cm³/mol. The van der Waals surface area contributed by atoms with E-state index in [1.165, 1.54) is 36.4 Å². The zero-order chi connectivity index (χ0) is 16.2. The first-order valence-corrected chi connectivity index (χ1v) is 7.73. The molecule has 1 unspecified atom stereocenters. The van der Waals surface area contributed by atoms with Gasteiger partial charge in [-0.3, -0.25) is 4.79 Å². The second kappa shape index (κ2) is 6.75. The Morgan fingerprint density at radius 1 is 0.773 bits per heavy atom. The SMILES string of the molecule is O=C(Sc1ccccc1)C(F)(Sc1ccccc1)C(F)(F)F. The van der Waals surface area contributed by atoms with Crippen molar-refractivity contribution < 1.29 is 22.4 Å². The highest BCUT2D eigenvalue weighted by atomic mass is 32.2. The summed E-state index contributed by atoms with van der Waals surface area (Å²) in [7, 11) is 0. The van der Waals surface area contributed by atoms with Gasteiger partial charge in [-0.15, -0.1) is 0 Å². The molecule has 0 radical (unpaired) electrons. The lowest BCUT2D eigenvalue weighted by molar-refractivity contribution is -0.191. The Balaban J connectivity index is 2.27. The van der Waals surface area contributed by atoms with Gasteiger partial charge in [-0.1, -0.05) is 48.2 Å². The second-order valence-electron chi connectivity index (χ2n) is 4.21. The summed E-state index contributed by atoms with van der Waals surface area (Å²) < 4.78 is 53.9. The molecule has 0 aromatic heterocycles. The third kappa shape index (κ3) is 3.84. The summed E-state index contributed by atoms with van der Waals surface area (Å²) in [5.41, 5.74) is 0. The van der Waals surface area contributed by atoms with Gasteiger partial charge < -0.3 is 0 Å². The van der Waals surface area contributed by atoms with Crippen molar-refractivity contribution in [1.29, 1.82) is 0 Å². The Bertz CT molecular complexity index is 631. The van der Waals surface area contributed by atoms with Crippen LogP contribution < -0.4 is 0 Å². The van der Waals surface area contributed by atoms with Crippen LogP contribution in [0.15, 0.2) is 70.5 Å². The molecular weight excluding hydrogens is 336 g/mol. The Labute approximate surface area is 133 Å². The molecule has 1 atom stereocenters. The molecule has 7 heteroatoms. The van der Waals surface area contributed by atoms with Gasteiger partial charge in [0.15, 0.2) is 0 Å². The third-order valence-electron chi connectivity index (χ3n) is 2.58. The van der Waals surface area contributed by atoms with Gasteiger partial charge in [0.1, 0.15) is 0 Å². The topological polar surface area (TPSA) is 17.1 Å². The highest BCUT2D eigenvalue weighted by Gasteiger charge is 2.62. The van der Waals surface area contributed by atoms with E-state index in [4.69, 9.17) is 0 Å². The number of hydrogen-bond acceptors (Lipinski definition) is 3. The Morgan fingerprint density at radius 2 is 1.23 bits per heavy atom. The van der Waals surface area contributed by atoms with E-state index in [2.05, 4.69) is 0 Å². The third-order valence-corrected chi connectivity index (χ3v) is 4.89. The van der Waals surface area contributed by atoms with Crippen LogP contribution in [0.4, 0.5) is 17.6 Å². The van der Waals surface area contributed by atoms with Crippen LogP contribution in [0.5, 0.6) is 0 Å². The van der Waals surface area contributed by atoms with E-state index >= 15 is 0 Å². The van der Waals surface area contributed by atoms with Crippen molar-refractivity contribution in [2.24, 2.45) is 0 Å². The first-order valence-electron chi connectivity index (χ1n) is 6.10. The zero-order valence-corrected chi connectivity index (χ0v) is 12.6. The number of thioether (sulfide) groups is 2. The Hall–Kier alpha value is -1.47. The van der Waals surface area contributed by atoms with E-state index in [1.807, 2.05) is 0 Å². The van der Waals surface area contributed by atoms with Crippen LogP contribution in [0.25, 0.3) is 0 Å². The number of carbonyl (C=O) groups is 1. The van der Waals surface area contributed by atoms with Gasteiger partial charge in [-0.2, -0.15) is 13.2 Å². The van der Waals surface area contributed by atoms with Crippen molar-refractivity contribution in [2.75, 3.05) is 0 Å². The normalized spacial score (nSPS) is 14.4. The fourth-order valence-corrected chi connectivity index (χ4v) is 3.35. The summed E-state index contributed by atoms with van der Waals surface area (Å²) in [5, 5.41) is -5.60. The van der Waals surface area contributed by atoms with Crippen LogP contribution in [0, 0.1) is 0 Å². The monoisotopic (exact) mass is 346 g/mol. The minimum Gasteiger partial charge on any atom is -0.282 e. The Morgan fingerprint density at radius 3 is 1.68 bits per heavy atom. The lowest BCUT2D eigenvalue weighted by Gasteiger charge is -2.25. The molecule has 0 spiro atoms. The quantitative estimate of drug-likeness (QED) is 0.550. The van der Waals surface area contributed by atoms with Crippen molar-refractivity contribution in [2.45, 2.75) is 21.0 Å². The lowest BCUT2D eigenvalue weighted by Crippen LogP contribution is -2.43. The zero-order valence-electron chi connectivity index (χ0n) is 11.0. The number of benzene rings is 2. The van der Waals surface area contributed by atoms with Crippen LogP contribution in [0.2, 0.25) is 0 Å². The van der Waals surface area contributed by atoms with Crippen LogP contribution in [0.3, 0.4) is 0 Å². The molecule has 22 heavy (non-hydrogen) atoms. The summed E-state index contributed by atoms with van der Waals surface area (Å²) in [6.07, 6.45) is -5.31. The maximum absolute atomic E-state index is 14.5. The van der Waals surface area contributed by atoms with E-state index in [0.717, 1.165) is 0 Å². The molecule has 0 aliphatic rings. The largest absolute Gasteiger partial charge is 0.440 e. The van der Waals surface area contributed by atoms with Gasteiger partial charge in [0.05, 0.1) is 0 Å².